The summed E-state index contributed by atoms with van der Waals surface area (Å²) in [6.45, 7) is 0. The van der Waals surface area contributed by atoms with E-state index in [9.17, 15) is 9.59 Å². The van der Waals surface area contributed by atoms with Crippen molar-refractivity contribution in [1.29, 1.82) is 10.5 Å². The maximum Gasteiger partial charge on any atom is 0.244 e. The highest BCUT2D eigenvalue weighted by Crippen LogP contribution is 2.30. The van der Waals surface area contributed by atoms with Crippen molar-refractivity contribution in [2.24, 2.45) is 17.8 Å². The van der Waals surface area contributed by atoms with Crippen LogP contribution in [0.2, 0.25) is 0 Å². The van der Waals surface area contributed by atoms with Gasteiger partial charge in [0.25, 0.3) is 0 Å². The molecule has 0 saturated carbocycles. The Morgan fingerprint density at radius 1 is 1.00 bits per heavy atom. The molecular weight excluding hydrogens is 254 g/mol. The van der Waals surface area contributed by atoms with Crippen LogP contribution in [-0.2, 0) is 16.0 Å². The monoisotopic (exact) mass is 267 g/mol. The van der Waals surface area contributed by atoms with Crippen LogP contribution < -0.4 is 5.32 Å². The van der Waals surface area contributed by atoms with Gasteiger partial charge in [0.05, 0.1) is 12.1 Å². The number of carbonyl (C=O) groups excluding carboxylic acids is 2. The number of nitriles is 2. The Morgan fingerprint density at radius 2 is 1.55 bits per heavy atom. The number of piperidine rings is 1. The number of benzene rings is 1. The second-order valence-corrected chi connectivity index (χ2v) is 4.76. The molecule has 0 radical (unpaired) electrons. The molecule has 2 atom stereocenters. The predicted molar refractivity (Wildman–Crippen MR) is 69.6 cm³/mol. The van der Waals surface area contributed by atoms with E-state index in [1.807, 2.05) is 42.5 Å². The van der Waals surface area contributed by atoms with Crippen molar-refractivity contribution in [3.05, 3.63) is 35.9 Å². The maximum atomic E-state index is 11.7. The minimum Gasteiger partial charge on any atom is -0.294 e. The Bertz CT molecular complexity index is 566. The fraction of sp³-hybridized carbons (Fsp3) is 0.333. The van der Waals surface area contributed by atoms with Gasteiger partial charge in [-0.05, 0) is 18.4 Å². The number of amides is 2. The number of carbonyl (C=O) groups is 2. The smallest absolute Gasteiger partial charge is 0.244 e. The molecule has 20 heavy (non-hydrogen) atoms. The van der Waals surface area contributed by atoms with E-state index >= 15 is 0 Å². The lowest BCUT2D eigenvalue weighted by Crippen LogP contribution is -2.51. The molecule has 0 aliphatic carbocycles. The molecule has 1 aromatic rings. The summed E-state index contributed by atoms with van der Waals surface area (Å²) in [6.07, 6.45) is 1.09. The maximum absolute atomic E-state index is 11.7. The Balaban J connectivity index is 2.16. The number of hydrogen-bond acceptors (Lipinski definition) is 4. The Labute approximate surface area is 116 Å². The summed E-state index contributed by atoms with van der Waals surface area (Å²) in [4.78, 5) is 23.3. The molecule has 1 aliphatic heterocycles. The zero-order valence-corrected chi connectivity index (χ0v) is 10.7. The molecule has 100 valence electrons. The van der Waals surface area contributed by atoms with Crippen LogP contribution in [-0.4, -0.2) is 11.8 Å². The van der Waals surface area contributed by atoms with Crippen molar-refractivity contribution < 1.29 is 9.59 Å². The predicted octanol–water partition coefficient (Wildman–Crippen LogP) is 1.17. The summed E-state index contributed by atoms with van der Waals surface area (Å²) in [5.74, 6) is -3.63. The highest BCUT2D eigenvalue weighted by Gasteiger charge is 2.43. The van der Waals surface area contributed by atoms with E-state index in [1.54, 1.807) is 0 Å². The number of nitrogens with zero attached hydrogens (tertiary/aromatic N) is 2. The largest absolute Gasteiger partial charge is 0.294 e. The van der Waals surface area contributed by atoms with Crippen LogP contribution in [0.3, 0.4) is 0 Å². The fourth-order valence-electron chi connectivity index (χ4n) is 2.48. The standard InChI is InChI=1S/C15H13N3O2/c16-8-12-11(7-6-10-4-2-1-3-5-10)13(9-17)15(20)18-14(12)19/h1-5,11-13H,6-7H2,(H,18,19,20)/t12-,13-/m0/s1. The van der Waals surface area contributed by atoms with Gasteiger partial charge in [-0.25, -0.2) is 0 Å². The molecule has 1 fully saturated rings. The molecule has 0 unspecified atom stereocenters. The van der Waals surface area contributed by atoms with E-state index < -0.39 is 29.6 Å². The van der Waals surface area contributed by atoms with Crippen molar-refractivity contribution in [2.45, 2.75) is 12.8 Å². The first-order valence-electron chi connectivity index (χ1n) is 6.35. The quantitative estimate of drug-likeness (QED) is 0.832. The molecule has 2 rings (SSSR count). The number of rotatable bonds is 3. The Kier molecular flexibility index (Phi) is 4.12. The van der Waals surface area contributed by atoms with Crippen molar-refractivity contribution in [1.82, 2.24) is 5.32 Å². The van der Waals surface area contributed by atoms with Crippen LogP contribution in [0.5, 0.6) is 0 Å². The summed E-state index contributed by atoms with van der Waals surface area (Å²) in [5.41, 5.74) is 1.05. The SMILES string of the molecule is N#C[C@@H]1C(=O)NC(=O)[C@@H](C#N)C1CCc1ccccc1. The van der Waals surface area contributed by atoms with Gasteiger partial charge >= 0.3 is 0 Å². The van der Waals surface area contributed by atoms with E-state index in [4.69, 9.17) is 10.5 Å². The lowest BCUT2D eigenvalue weighted by Gasteiger charge is -2.29. The molecule has 1 saturated heterocycles. The third-order valence-electron chi connectivity index (χ3n) is 3.55. The molecule has 5 heteroatoms. The normalized spacial score (nSPS) is 22.7. The zero-order chi connectivity index (χ0) is 14.5. The van der Waals surface area contributed by atoms with Crippen LogP contribution in [0.25, 0.3) is 0 Å². The fourth-order valence-corrected chi connectivity index (χ4v) is 2.48. The Hall–Kier alpha value is -2.66. The number of aryl methyl sites for hydroxylation is 1. The molecule has 2 amide bonds. The molecule has 1 aromatic carbocycles. The van der Waals surface area contributed by atoms with Gasteiger partial charge in [0, 0.05) is 5.92 Å². The minimum atomic E-state index is -0.943. The van der Waals surface area contributed by atoms with E-state index in [0.29, 0.717) is 12.8 Å². The molecule has 1 N–H and O–H groups in total. The Morgan fingerprint density at radius 3 is 2.05 bits per heavy atom. The molecule has 0 bridgehead atoms. The zero-order valence-electron chi connectivity index (χ0n) is 10.7. The van der Waals surface area contributed by atoms with Crippen LogP contribution >= 0.6 is 0 Å². The first kappa shape index (κ1) is 13.8. The summed E-state index contributed by atoms with van der Waals surface area (Å²) in [6, 6.07) is 13.4. The number of imide groups is 1. The average Bonchev–Trinajstić information content (AvgIpc) is 2.46. The molecular formula is C15H13N3O2. The van der Waals surface area contributed by atoms with Gasteiger partial charge < -0.3 is 0 Å². The summed E-state index contributed by atoms with van der Waals surface area (Å²) in [5, 5.41) is 20.3. The number of nitrogens with one attached hydrogen (secondary N) is 1. The van der Waals surface area contributed by atoms with Gasteiger partial charge in [0.15, 0.2) is 0 Å². The van der Waals surface area contributed by atoms with E-state index in [0.717, 1.165) is 5.56 Å². The van der Waals surface area contributed by atoms with Crippen molar-refractivity contribution >= 4 is 11.8 Å². The van der Waals surface area contributed by atoms with E-state index in [-0.39, 0.29) is 0 Å². The average molecular weight is 267 g/mol. The van der Waals surface area contributed by atoms with Crippen molar-refractivity contribution in [3.63, 3.8) is 0 Å². The summed E-state index contributed by atoms with van der Waals surface area (Å²) < 4.78 is 0. The lowest BCUT2D eigenvalue weighted by atomic mass is 9.75. The summed E-state index contributed by atoms with van der Waals surface area (Å²) >= 11 is 0. The highest BCUT2D eigenvalue weighted by molar-refractivity contribution is 6.02. The van der Waals surface area contributed by atoms with Gasteiger partial charge in [-0.1, -0.05) is 30.3 Å². The molecule has 5 nitrogen and oxygen atoms in total. The lowest BCUT2D eigenvalue weighted by molar-refractivity contribution is -0.139. The van der Waals surface area contributed by atoms with Crippen LogP contribution in [0.4, 0.5) is 0 Å². The third-order valence-corrected chi connectivity index (χ3v) is 3.55. The van der Waals surface area contributed by atoms with Gasteiger partial charge in [-0.15, -0.1) is 0 Å². The van der Waals surface area contributed by atoms with Crippen molar-refractivity contribution in [2.75, 3.05) is 0 Å². The molecule has 1 aliphatic rings. The summed E-state index contributed by atoms with van der Waals surface area (Å²) in [7, 11) is 0. The van der Waals surface area contributed by atoms with Gasteiger partial charge in [0.2, 0.25) is 11.8 Å². The third kappa shape index (κ3) is 2.67. The first-order valence-corrected chi connectivity index (χ1v) is 6.35. The molecule has 0 spiro atoms. The topological polar surface area (TPSA) is 93.8 Å². The second-order valence-electron chi connectivity index (χ2n) is 4.76. The molecule has 1 heterocycles. The molecule has 0 aromatic heterocycles. The van der Waals surface area contributed by atoms with Crippen molar-refractivity contribution in [3.8, 4) is 12.1 Å². The van der Waals surface area contributed by atoms with Crippen LogP contribution in [0.1, 0.15) is 12.0 Å². The van der Waals surface area contributed by atoms with Crippen LogP contribution in [0, 0.1) is 40.4 Å². The van der Waals surface area contributed by atoms with Crippen LogP contribution in [0.15, 0.2) is 30.3 Å². The minimum absolute atomic E-state index is 0.458. The number of hydrogen-bond donors (Lipinski definition) is 1. The van der Waals surface area contributed by atoms with Gasteiger partial charge in [0.1, 0.15) is 11.8 Å². The van der Waals surface area contributed by atoms with E-state index in [2.05, 4.69) is 5.32 Å². The highest BCUT2D eigenvalue weighted by atomic mass is 16.2. The van der Waals surface area contributed by atoms with E-state index in [1.165, 1.54) is 0 Å². The van der Waals surface area contributed by atoms with Gasteiger partial charge in [-0.3, -0.25) is 14.9 Å². The first-order chi connectivity index (χ1) is 9.67. The second kappa shape index (κ2) is 5.99. The van der Waals surface area contributed by atoms with Gasteiger partial charge in [-0.2, -0.15) is 10.5 Å².